The fraction of sp³-hybridized carbons (Fsp3) is 0.200. The summed E-state index contributed by atoms with van der Waals surface area (Å²) in [6.07, 6.45) is 0. The third kappa shape index (κ3) is 1.40. The molecule has 1 heterocycles. The lowest BCUT2D eigenvalue weighted by Crippen LogP contribution is -1.83. The third-order valence-corrected chi connectivity index (χ3v) is 3.01. The van der Waals surface area contributed by atoms with Crippen LogP contribution in [0.1, 0.15) is 25.3 Å². The van der Waals surface area contributed by atoms with Crippen LogP contribution in [0.5, 0.6) is 11.5 Å². The van der Waals surface area contributed by atoms with E-state index < -0.39 is 0 Å². The SMILES string of the molecule is CC(C)c1ccc(-c2ccccc2)c2c1O2. The summed E-state index contributed by atoms with van der Waals surface area (Å²) >= 11 is 0. The van der Waals surface area contributed by atoms with Gasteiger partial charge in [0.2, 0.25) is 0 Å². The smallest absolute Gasteiger partial charge is 0.178 e. The van der Waals surface area contributed by atoms with Crippen molar-refractivity contribution in [3.8, 4) is 22.6 Å². The predicted octanol–water partition coefficient (Wildman–Crippen LogP) is 4.58. The molecule has 0 radical (unpaired) electrons. The Balaban J connectivity index is 2.08. The summed E-state index contributed by atoms with van der Waals surface area (Å²) in [5.41, 5.74) is 3.75. The van der Waals surface area contributed by atoms with Crippen LogP contribution in [0.4, 0.5) is 0 Å². The lowest BCUT2D eigenvalue weighted by molar-refractivity contribution is 0.639. The van der Waals surface area contributed by atoms with Crippen molar-refractivity contribution in [3.63, 3.8) is 0 Å². The number of hydrogen-bond donors (Lipinski definition) is 0. The van der Waals surface area contributed by atoms with Gasteiger partial charge < -0.3 is 4.74 Å². The maximum absolute atomic E-state index is 5.62. The molecule has 0 aromatic heterocycles. The zero-order valence-corrected chi connectivity index (χ0v) is 9.53. The van der Waals surface area contributed by atoms with E-state index in [-0.39, 0.29) is 0 Å². The van der Waals surface area contributed by atoms with E-state index in [1.54, 1.807) is 0 Å². The van der Waals surface area contributed by atoms with Crippen LogP contribution < -0.4 is 4.74 Å². The van der Waals surface area contributed by atoms with Gasteiger partial charge in [0.1, 0.15) is 0 Å². The predicted molar refractivity (Wildman–Crippen MR) is 66.0 cm³/mol. The van der Waals surface area contributed by atoms with Crippen LogP contribution in [0.2, 0.25) is 0 Å². The first kappa shape index (κ1) is 9.46. The number of rotatable bonds is 2. The van der Waals surface area contributed by atoms with Gasteiger partial charge in [0.25, 0.3) is 0 Å². The third-order valence-electron chi connectivity index (χ3n) is 3.01. The first-order chi connectivity index (χ1) is 7.77. The van der Waals surface area contributed by atoms with Crippen molar-refractivity contribution in [1.29, 1.82) is 0 Å². The molecule has 0 amide bonds. The Morgan fingerprint density at radius 2 is 1.62 bits per heavy atom. The lowest BCUT2D eigenvalue weighted by Gasteiger charge is -2.02. The quantitative estimate of drug-likeness (QED) is 0.564. The molecule has 0 spiro atoms. The molecule has 1 heteroatoms. The molecule has 0 aliphatic carbocycles. The largest absolute Gasteiger partial charge is 0.449 e. The van der Waals surface area contributed by atoms with Gasteiger partial charge in [-0.3, -0.25) is 0 Å². The van der Waals surface area contributed by atoms with E-state index in [2.05, 4.69) is 50.2 Å². The molecule has 0 atom stereocenters. The zero-order chi connectivity index (χ0) is 11.1. The van der Waals surface area contributed by atoms with Crippen molar-refractivity contribution in [3.05, 3.63) is 48.0 Å². The molecule has 2 aromatic rings. The molecule has 0 fully saturated rings. The highest BCUT2D eigenvalue weighted by Gasteiger charge is 2.29. The minimum absolute atomic E-state index is 0.529. The molecule has 0 saturated heterocycles. The van der Waals surface area contributed by atoms with Gasteiger partial charge in [-0.1, -0.05) is 56.3 Å². The van der Waals surface area contributed by atoms with Crippen LogP contribution in [-0.2, 0) is 0 Å². The Morgan fingerprint density at radius 1 is 0.875 bits per heavy atom. The maximum atomic E-state index is 5.62. The second-order valence-corrected chi connectivity index (χ2v) is 4.48. The minimum atomic E-state index is 0.529. The van der Waals surface area contributed by atoms with E-state index in [1.807, 2.05) is 6.07 Å². The molecular formula is C15H14O. The van der Waals surface area contributed by atoms with E-state index in [1.165, 1.54) is 16.7 Å². The van der Waals surface area contributed by atoms with Crippen molar-refractivity contribution < 1.29 is 4.74 Å². The van der Waals surface area contributed by atoms with Crippen LogP contribution in [-0.4, -0.2) is 0 Å². The molecule has 2 aromatic carbocycles. The van der Waals surface area contributed by atoms with Crippen molar-refractivity contribution in [1.82, 2.24) is 0 Å². The van der Waals surface area contributed by atoms with Gasteiger partial charge in [-0.25, -0.2) is 0 Å². The van der Waals surface area contributed by atoms with Gasteiger partial charge in [-0.2, -0.15) is 0 Å². The Bertz CT molecular complexity index is 527. The summed E-state index contributed by atoms with van der Waals surface area (Å²) in [6, 6.07) is 14.7. The molecule has 0 bridgehead atoms. The summed E-state index contributed by atoms with van der Waals surface area (Å²) < 4.78 is 5.62. The highest BCUT2D eigenvalue weighted by molar-refractivity contribution is 5.81. The molecule has 16 heavy (non-hydrogen) atoms. The summed E-state index contributed by atoms with van der Waals surface area (Å²) in [7, 11) is 0. The van der Waals surface area contributed by atoms with E-state index in [0.717, 1.165) is 11.5 Å². The van der Waals surface area contributed by atoms with Gasteiger partial charge in [0.15, 0.2) is 11.5 Å². The van der Waals surface area contributed by atoms with Gasteiger partial charge in [0, 0.05) is 11.1 Å². The van der Waals surface area contributed by atoms with Crippen LogP contribution in [0.15, 0.2) is 42.5 Å². The topological polar surface area (TPSA) is 12.5 Å². The van der Waals surface area contributed by atoms with Crippen LogP contribution in [0, 0.1) is 0 Å². The van der Waals surface area contributed by atoms with E-state index >= 15 is 0 Å². The first-order valence-electron chi connectivity index (χ1n) is 5.67. The molecule has 1 nitrogen and oxygen atoms in total. The number of fused-ring (bicyclic) bond motifs is 1. The van der Waals surface area contributed by atoms with Crippen molar-refractivity contribution in [2.24, 2.45) is 0 Å². The molecule has 1 aliphatic rings. The van der Waals surface area contributed by atoms with Crippen LogP contribution in [0.3, 0.4) is 0 Å². The van der Waals surface area contributed by atoms with Gasteiger partial charge in [-0.15, -0.1) is 0 Å². The average molecular weight is 210 g/mol. The van der Waals surface area contributed by atoms with Crippen LogP contribution in [0.25, 0.3) is 11.1 Å². The van der Waals surface area contributed by atoms with Gasteiger partial charge >= 0.3 is 0 Å². The highest BCUT2D eigenvalue weighted by Crippen LogP contribution is 2.55. The van der Waals surface area contributed by atoms with Gasteiger partial charge in [-0.05, 0) is 11.5 Å². The Hall–Kier alpha value is -1.76. The fourth-order valence-corrected chi connectivity index (χ4v) is 2.07. The monoisotopic (exact) mass is 210 g/mol. The van der Waals surface area contributed by atoms with Crippen LogP contribution >= 0.6 is 0 Å². The summed E-state index contributed by atoms with van der Waals surface area (Å²) in [4.78, 5) is 0. The number of benzene rings is 2. The average Bonchev–Trinajstić information content (AvgIpc) is 3.08. The standard InChI is InChI=1S/C15H14O/c1-10(2)12-8-9-13(15-14(12)16-15)11-6-4-3-5-7-11/h3-10H,1-2H3. The Morgan fingerprint density at radius 3 is 2.31 bits per heavy atom. The lowest BCUT2D eigenvalue weighted by atomic mass is 9.99. The Labute approximate surface area is 95.7 Å². The maximum Gasteiger partial charge on any atom is 0.178 e. The molecule has 80 valence electrons. The van der Waals surface area contributed by atoms with Crippen molar-refractivity contribution >= 4 is 0 Å². The molecule has 1 aliphatic heterocycles. The zero-order valence-electron chi connectivity index (χ0n) is 9.53. The molecule has 0 unspecified atom stereocenters. The van der Waals surface area contributed by atoms with Crippen molar-refractivity contribution in [2.45, 2.75) is 19.8 Å². The fourth-order valence-electron chi connectivity index (χ4n) is 2.07. The van der Waals surface area contributed by atoms with E-state index in [0.29, 0.717) is 5.92 Å². The highest BCUT2D eigenvalue weighted by atomic mass is 16.6. The number of ether oxygens (including phenoxy) is 1. The molecule has 0 saturated carbocycles. The van der Waals surface area contributed by atoms with Gasteiger partial charge in [0.05, 0.1) is 0 Å². The Kier molecular flexibility index (Phi) is 2.00. The van der Waals surface area contributed by atoms with E-state index in [9.17, 15) is 0 Å². The summed E-state index contributed by atoms with van der Waals surface area (Å²) in [5.74, 6) is 2.69. The summed E-state index contributed by atoms with van der Waals surface area (Å²) in [6.45, 7) is 4.39. The number of hydrogen-bond acceptors (Lipinski definition) is 1. The first-order valence-corrected chi connectivity index (χ1v) is 5.67. The molecular weight excluding hydrogens is 196 g/mol. The van der Waals surface area contributed by atoms with Crippen molar-refractivity contribution in [2.75, 3.05) is 0 Å². The molecule has 3 rings (SSSR count). The minimum Gasteiger partial charge on any atom is -0.449 e. The second kappa shape index (κ2) is 3.38. The summed E-state index contributed by atoms with van der Waals surface area (Å²) in [5, 5.41) is 0. The molecule has 0 N–H and O–H groups in total. The second-order valence-electron chi connectivity index (χ2n) is 4.48. The normalized spacial score (nSPS) is 12.2. The van der Waals surface area contributed by atoms with E-state index in [4.69, 9.17) is 4.74 Å².